The fourth-order valence-corrected chi connectivity index (χ4v) is 5.29. The third kappa shape index (κ3) is 7.00. The van der Waals surface area contributed by atoms with Gasteiger partial charge in [-0.15, -0.1) is 0 Å². The van der Waals surface area contributed by atoms with Crippen LogP contribution in [0.25, 0.3) is 0 Å². The standard InChI is InChI=1S/C4H10N.CH3S.CH3.Sn.H/c1-2-3-4-5;1-2;;;/h1-5H2;2H,1H2;1H3;;. The first-order chi connectivity index (χ1) is 4.31. The summed E-state index contributed by atoms with van der Waals surface area (Å²) in [5.74, 6) is 0. The Balaban J connectivity index is 2.88. The Labute approximate surface area is 70.5 Å². The summed E-state index contributed by atoms with van der Waals surface area (Å²) in [4.78, 5) is 2.44. The van der Waals surface area contributed by atoms with E-state index in [1.165, 1.54) is 21.0 Å². The summed E-state index contributed by atoms with van der Waals surface area (Å²) < 4.78 is 2.70. The minimum absolute atomic E-state index is 0.866. The number of hydrogen-bond donors (Lipinski definition) is 2. The van der Waals surface area contributed by atoms with E-state index in [9.17, 15) is 0 Å². The Bertz CT molecular complexity index is 61.0. The van der Waals surface area contributed by atoms with E-state index >= 15 is 0 Å². The predicted molar refractivity (Wildman–Crippen MR) is 50.0 cm³/mol. The van der Waals surface area contributed by atoms with E-state index < -0.39 is 19.8 Å². The van der Waals surface area contributed by atoms with Gasteiger partial charge < -0.3 is 0 Å². The molecule has 0 rings (SSSR count). The van der Waals surface area contributed by atoms with Crippen molar-refractivity contribution >= 4 is 32.4 Å². The van der Waals surface area contributed by atoms with Gasteiger partial charge in [-0.25, -0.2) is 0 Å². The van der Waals surface area contributed by atoms with Crippen molar-refractivity contribution in [2.24, 2.45) is 5.73 Å². The van der Waals surface area contributed by atoms with Crippen molar-refractivity contribution in [1.29, 1.82) is 0 Å². The van der Waals surface area contributed by atoms with Crippen LogP contribution in [0.15, 0.2) is 0 Å². The van der Waals surface area contributed by atoms with E-state index in [0.717, 1.165) is 6.54 Å². The fraction of sp³-hybridized carbons (Fsp3) is 1.00. The summed E-state index contributed by atoms with van der Waals surface area (Å²) >= 11 is 3.28. The zero-order valence-corrected chi connectivity index (χ0v) is 10.3. The molecule has 56 valence electrons. The van der Waals surface area contributed by atoms with Crippen LogP contribution in [-0.2, 0) is 0 Å². The summed E-state index contributed by atoms with van der Waals surface area (Å²) in [6.07, 6.45) is 2.57. The molecular weight excluding hydrogens is 237 g/mol. The van der Waals surface area contributed by atoms with Crippen molar-refractivity contribution in [3.8, 4) is 0 Å². The average molecular weight is 254 g/mol. The van der Waals surface area contributed by atoms with Gasteiger partial charge in [0.2, 0.25) is 0 Å². The molecule has 0 saturated carbocycles. The summed E-state index contributed by atoms with van der Waals surface area (Å²) in [5.41, 5.74) is 5.36. The van der Waals surface area contributed by atoms with Gasteiger partial charge in [-0.05, 0) is 0 Å². The van der Waals surface area contributed by atoms with Gasteiger partial charge in [-0.1, -0.05) is 0 Å². The van der Waals surface area contributed by atoms with Crippen LogP contribution in [0.2, 0.25) is 9.38 Å². The second kappa shape index (κ2) is 7.22. The van der Waals surface area contributed by atoms with Gasteiger partial charge in [-0.3, -0.25) is 0 Å². The van der Waals surface area contributed by atoms with E-state index in [2.05, 4.69) is 17.6 Å². The Hall–Kier alpha value is 1.11. The molecule has 0 aromatic heterocycles. The molecule has 1 nitrogen and oxygen atoms in total. The first-order valence-electron chi connectivity index (χ1n) is 3.62. The second-order valence-electron chi connectivity index (χ2n) is 2.57. The summed E-state index contributed by atoms with van der Waals surface area (Å²) in [7, 11) is 0. The van der Waals surface area contributed by atoms with Gasteiger partial charge in [-0.2, -0.15) is 0 Å². The van der Waals surface area contributed by atoms with E-state index in [0.29, 0.717) is 0 Å². The van der Waals surface area contributed by atoms with Crippen LogP contribution in [0.4, 0.5) is 0 Å². The molecule has 0 saturated heterocycles. The van der Waals surface area contributed by atoms with Gasteiger partial charge in [0.15, 0.2) is 0 Å². The fourth-order valence-electron chi connectivity index (χ4n) is 0.728. The Kier molecular flexibility index (Phi) is 8.11. The molecule has 0 heterocycles. The Morgan fingerprint density at radius 2 is 2.11 bits per heavy atom. The van der Waals surface area contributed by atoms with Gasteiger partial charge in [0.25, 0.3) is 0 Å². The van der Waals surface area contributed by atoms with Crippen LogP contribution in [0, 0.1) is 0 Å². The van der Waals surface area contributed by atoms with Crippen LogP contribution < -0.4 is 5.73 Å². The van der Waals surface area contributed by atoms with Crippen LogP contribution in [0.1, 0.15) is 12.8 Å². The van der Waals surface area contributed by atoms with Crippen molar-refractivity contribution in [2.75, 3.05) is 10.3 Å². The first-order valence-corrected chi connectivity index (χ1v) is 12.2. The SMILES string of the molecule is [CH3][SnH]([CH2]S)[CH2]CCCN. The average Bonchev–Trinajstić information content (AvgIpc) is 1.89. The summed E-state index contributed by atoms with van der Waals surface area (Å²) in [6, 6.07) is 0. The zero-order valence-electron chi connectivity index (χ0n) is 6.14. The molecule has 1 atom stereocenters. The topological polar surface area (TPSA) is 26.0 Å². The normalized spacial score (nSPS) is 13.7. The molecule has 0 spiro atoms. The van der Waals surface area contributed by atoms with E-state index in [4.69, 9.17) is 5.73 Å². The van der Waals surface area contributed by atoms with Gasteiger partial charge >= 0.3 is 70.7 Å². The van der Waals surface area contributed by atoms with Crippen LogP contribution in [0.5, 0.6) is 0 Å². The van der Waals surface area contributed by atoms with E-state index in [-0.39, 0.29) is 0 Å². The zero-order chi connectivity index (χ0) is 7.11. The number of rotatable bonds is 5. The van der Waals surface area contributed by atoms with Crippen LogP contribution >= 0.6 is 12.6 Å². The van der Waals surface area contributed by atoms with Gasteiger partial charge in [0.05, 0.1) is 0 Å². The maximum absolute atomic E-state index is 5.36. The van der Waals surface area contributed by atoms with Gasteiger partial charge in [0.1, 0.15) is 0 Å². The molecular formula is C6H17NSSn. The number of thiol groups is 1. The molecule has 0 aromatic carbocycles. The Morgan fingerprint density at radius 3 is 2.56 bits per heavy atom. The molecule has 0 bridgehead atoms. The molecule has 0 aromatic rings. The number of hydrogen-bond acceptors (Lipinski definition) is 2. The summed E-state index contributed by atoms with van der Waals surface area (Å²) in [6.45, 7) is 0.866. The summed E-state index contributed by atoms with van der Waals surface area (Å²) in [5, 5.41) is 0. The molecule has 3 heteroatoms. The molecule has 0 aliphatic heterocycles. The molecule has 9 heavy (non-hydrogen) atoms. The van der Waals surface area contributed by atoms with Crippen molar-refractivity contribution < 1.29 is 0 Å². The quantitative estimate of drug-likeness (QED) is 0.428. The van der Waals surface area contributed by atoms with Crippen LogP contribution in [0.3, 0.4) is 0 Å². The third-order valence-corrected chi connectivity index (χ3v) is 11.4. The molecule has 0 fully saturated rings. The molecule has 2 N–H and O–H groups in total. The second-order valence-corrected chi connectivity index (χ2v) is 14.0. The molecule has 1 unspecified atom stereocenters. The van der Waals surface area contributed by atoms with E-state index in [1.54, 1.807) is 0 Å². The molecule has 0 amide bonds. The first kappa shape index (κ1) is 10.1. The molecule has 0 aliphatic rings. The predicted octanol–water partition coefficient (Wildman–Crippen LogP) is 1.05. The van der Waals surface area contributed by atoms with Crippen LogP contribution in [-0.4, -0.2) is 30.1 Å². The monoisotopic (exact) mass is 255 g/mol. The van der Waals surface area contributed by atoms with E-state index in [1.807, 2.05) is 0 Å². The Morgan fingerprint density at radius 1 is 1.44 bits per heavy atom. The molecule has 0 aliphatic carbocycles. The number of nitrogens with two attached hydrogens (primary N) is 1. The van der Waals surface area contributed by atoms with Crippen molar-refractivity contribution in [3.63, 3.8) is 0 Å². The number of unbranched alkanes of at least 4 members (excludes halogenated alkanes) is 1. The molecule has 0 radical (unpaired) electrons. The minimum atomic E-state index is -1.00. The van der Waals surface area contributed by atoms with Crippen molar-refractivity contribution in [3.05, 3.63) is 0 Å². The van der Waals surface area contributed by atoms with Crippen molar-refractivity contribution in [1.82, 2.24) is 0 Å². The third-order valence-electron chi connectivity index (χ3n) is 1.46. The van der Waals surface area contributed by atoms with Crippen molar-refractivity contribution in [2.45, 2.75) is 22.2 Å². The van der Waals surface area contributed by atoms with Gasteiger partial charge in [0, 0.05) is 0 Å². The maximum atomic E-state index is 5.36.